The first-order valence-corrected chi connectivity index (χ1v) is 5.23. The van der Waals surface area contributed by atoms with Crippen molar-refractivity contribution in [3.63, 3.8) is 0 Å². The second kappa shape index (κ2) is 3.41. The van der Waals surface area contributed by atoms with Crippen LogP contribution in [0.3, 0.4) is 0 Å². The number of rotatable bonds is 1. The minimum Gasteiger partial charge on any atom is -0.282 e. The van der Waals surface area contributed by atoms with Crippen LogP contribution in [-0.4, -0.2) is 10.2 Å². The summed E-state index contributed by atoms with van der Waals surface area (Å²) in [5, 5.41) is 7.27. The Morgan fingerprint density at radius 3 is 2.14 bits per heavy atom. The smallest absolute Gasteiger partial charge is 0.0522 e. The predicted molar refractivity (Wildman–Crippen MR) is 60.4 cm³/mol. The molecule has 0 atom stereocenters. The SMILES string of the molecule is CC(C)(C)Cc1cn[nH]c1C(C)(C)C. The molecule has 0 fully saturated rings. The molecule has 0 aromatic carbocycles. The lowest BCUT2D eigenvalue weighted by Crippen LogP contribution is -2.17. The molecular formula is C12H22N2. The number of nitrogens with one attached hydrogen (secondary N) is 1. The van der Waals surface area contributed by atoms with Crippen LogP contribution in [0.1, 0.15) is 52.8 Å². The molecule has 0 aliphatic heterocycles. The molecular weight excluding hydrogens is 172 g/mol. The monoisotopic (exact) mass is 194 g/mol. The number of aromatic amines is 1. The van der Waals surface area contributed by atoms with Gasteiger partial charge in [-0.3, -0.25) is 5.10 Å². The zero-order chi connectivity index (χ0) is 11.0. The highest BCUT2D eigenvalue weighted by atomic mass is 15.1. The van der Waals surface area contributed by atoms with Crippen molar-refractivity contribution in [1.29, 1.82) is 0 Å². The number of aromatic nitrogens is 2. The van der Waals surface area contributed by atoms with Gasteiger partial charge in [-0.1, -0.05) is 41.5 Å². The van der Waals surface area contributed by atoms with E-state index < -0.39 is 0 Å². The van der Waals surface area contributed by atoms with Gasteiger partial charge in [0, 0.05) is 11.1 Å². The van der Waals surface area contributed by atoms with Crippen LogP contribution in [0.15, 0.2) is 6.20 Å². The molecule has 0 radical (unpaired) electrons. The number of hydrogen-bond acceptors (Lipinski definition) is 1. The van der Waals surface area contributed by atoms with Gasteiger partial charge in [-0.15, -0.1) is 0 Å². The van der Waals surface area contributed by atoms with Crippen LogP contribution in [-0.2, 0) is 11.8 Å². The van der Waals surface area contributed by atoms with E-state index in [1.165, 1.54) is 11.3 Å². The molecule has 0 spiro atoms. The maximum Gasteiger partial charge on any atom is 0.0522 e. The van der Waals surface area contributed by atoms with Crippen LogP contribution in [0.5, 0.6) is 0 Å². The Hall–Kier alpha value is -0.790. The Morgan fingerprint density at radius 2 is 1.71 bits per heavy atom. The van der Waals surface area contributed by atoms with Gasteiger partial charge in [0.15, 0.2) is 0 Å². The summed E-state index contributed by atoms with van der Waals surface area (Å²) in [5.74, 6) is 0. The number of H-pyrrole nitrogens is 1. The standard InChI is InChI=1S/C12H22N2/c1-11(2,3)7-9-8-13-14-10(9)12(4,5)6/h8H,7H2,1-6H3,(H,13,14). The fourth-order valence-electron chi connectivity index (χ4n) is 1.67. The van der Waals surface area contributed by atoms with Crippen LogP contribution in [0.25, 0.3) is 0 Å². The van der Waals surface area contributed by atoms with Gasteiger partial charge in [0.1, 0.15) is 0 Å². The molecule has 1 heterocycles. The molecule has 0 aliphatic carbocycles. The van der Waals surface area contributed by atoms with Crippen LogP contribution < -0.4 is 0 Å². The molecule has 14 heavy (non-hydrogen) atoms. The largest absolute Gasteiger partial charge is 0.282 e. The Labute approximate surface area is 87.1 Å². The average Bonchev–Trinajstić information content (AvgIpc) is 2.29. The van der Waals surface area contributed by atoms with Gasteiger partial charge in [0.2, 0.25) is 0 Å². The number of hydrogen-bond donors (Lipinski definition) is 1. The molecule has 80 valence electrons. The van der Waals surface area contributed by atoms with Crippen molar-refractivity contribution < 1.29 is 0 Å². The first-order chi connectivity index (χ1) is 6.20. The molecule has 2 heteroatoms. The Bertz CT molecular complexity index is 297. The molecule has 0 amide bonds. The first-order valence-electron chi connectivity index (χ1n) is 5.23. The summed E-state index contributed by atoms with van der Waals surface area (Å²) in [6.07, 6.45) is 3.04. The van der Waals surface area contributed by atoms with E-state index in [4.69, 9.17) is 0 Å². The van der Waals surface area contributed by atoms with Crippen LogP contribution in [0, 0.1) is 5.41 Å². The van der Waals surface area contributed by atoms with Crippen LogP contribution >= 0.6 is 0 Å². The Kier molecular flexibility index (Phi) is 2.75. The molecule has 1 aromatic heterocycles. The second-order valence-corrected chi connectivity index (χ2v) is 6.26. The molecule has 1 rings (SSSR count). The number of nitrogens with zero attached hydrogens (tertiary/aromatic N) is 1. The molecule has 0 bridgehead atoms. The van der Waals surface area contributed by atoms with E-state index in [9.17, 15) is 0 Å². The maximum absolute atomic E-state index is 4.15. The fraction of sp³-hybridized carbons (Fsp3) is 0.750. The highest BCUT2D eigenvalue weighted by Crippen LogP contribution is 2.28. The summed E-state index contributed by atoms with van der Waals surface area (Å²) in [4.78, 5) is 0. The average molecular weight is 194 g/mol. The lowest BCUT2D eigenvalue weighted by atomic mass is 9.83. The summed E-state index contributed by atoms with van der Waals surface area (Å²) in [6.45, 7) is 13.4. The van der Waals surface area contributed by atoms with Crippen molar-refractivity contribution in [1.82, 2.24) is 10.2 Å². The van der Waals surface area contributed by atoms with E-state index in [0.717, 1.165) is 6.42 Å². The zero-order valence-corrected chi connectivity index (χ0v) is 10.2. The minimum atomic E-state index is 0.164. The third-order valence-corrected chi connectivity index (χ3v) is 2.19. The first kappa shape index (κ1) is 11.3. The second-order valence-electron chi connectivity index (χ2n) is 6.26. The zero-order valence-electron chi connectivity index (χ0n) is 10.2. The predicted octanol–water partition coefficient (Wildman–Crippen LogP) is 3.30. The summed E-state index contributed by atoms with van der Waals surface area (Å²) in [5.41, 5.74) is 3.11. The highest BCUT2D eigenvalue weighted by molar-refractivity contribution is 5.24. The van der Waals surface area contributed by atoms with E-state index in [1.54, 1.807) is 0 Å². The third-order valence-electron chi connectivity index (χ3n) is 2.19. The van der Waals surface area contributed by atoms with Crippen molar-refractivity contribution in [3.8, 4) is 0 Å². The highest BCUT2D eigenvalue weighted by Gasteiger charge is 2.22. The van der Waals surface area contributed by atoms with Crippen molar-refractivity contribution in [2.24, 2.45) is 5.41 Å². The molecule has 0 saturated heterocycles. The van der Waals surface area contributed by atoms with Gasteiger partial charge in [0.05, 0.1) is 6.20 Å². The lowest BCUT2D eigenvalue weighted by molar-refractivity contribution is 0.406. The lowest BCUT2D eigenvalue weighted by Gasteiger charge is -2.22. The van der Waals surface area contributed by atoms with Crippen molar-refractivity contribution >= 4 is 0 Å². The van der Waals surface area contributed by atoms with Gasteiger partial charge >= 0.3 is 0 Å². The van der Waals surface area contributed by atoms with E-state index >= 15 is 0 Å². The van der Waals surface area contributed by atoms with Crippen LogP contribution in [0.2, 0.25) is 0 Å². The fourth-order valence-corrected chi connectivity index (χ4v) is 1.67. The van der Waals surface area contributed by atoms with Crippen molar-refractivity contribution in [2.45, 2.75) is 53.4 Å². The van der Waals surface area contributed by atoms with Gasteiger partial charge < -0.3 is 0 Å². The molecule has 2 nitrogen and oxygen atoms in total. The van der Waals surface area contributed by atoms with E-state index in [0.29, 0.717) is 5.41 Å². The van der Waals surface area contributed by atoms with Gasteiger partial charge in [-0.05, 0) is 17.4 Å². The van der Waals surface area contributed by atoms with Gasteiger partial charge in [0.25, 0.3) is 0 Å². The van der Waals surface area contributed by atoms with Crippen molar-refractivity contribution in [2.75, 3.05) is 0 Å². The third kappa shape index (κ3) is 2.86. The van der Waals surface area contributed by atoms with E-state index in [2.05, 4.69) is 51.7 Å². The van der Waals surface area contributed by atoms with E-state index in [1.807, 2.05) is 6.20 Å². The van der Waals surface area contributed by atoms with Gasteiger partial charge in [-0.2, -0.15) is 5.10 Å². The quantitative estimate of drug-likeness (QED) is 0.730. The Morgan fingerprint density at radius 1 is 1.14 bits per heavy atom. The molecule has 0 saturated carbocycles. The summed E-state index contributed by atoms with van der Waals surface area (Å²) < 4.78 is 0. The van der Waals surface area contributed by atoms with Crippen LogP contribution in [0.4, 0.5) is 0 Å². The van der Waals surface area contributed by atoms with E-state index in [-0.39, 0.29) is 5.41 Å². The Balaban J connectivity index is 2.95. The summed E-state index contributed by atoms with van der Waals surface area (Å²) >= 11 is 0. The van der Waals surface area contributed by atoms with Gasteiger partial charge in [-0.25, -0.2) is 0 Å². The molecule has 0 aliphatic rings. The normalized spacial score (nSPS) is 13.3. The maximum atomic E-state index is 4.15. The summed E-state index contributed by atoms with van der Waals surface area (Å²) in [7, 11) is 0. The minimum absolute atomic E-state index is 0.164. The molecule has 0 unspecified atom stereocenters. The molecule has 1 aromatic rings. The molecule has 1 N–H and O–H groups in total. The summed E-state index contributed by atoms with van der Waals surface area (Å²) in [6, 6.07) is 0. The topological polar surface area (TPSA) is 28.7 Å². The van der Waals surface area contributed by atoms with Crippen molar-refractivity contribution in [3.05, 3.63) is 17.5 Å².